The lowest BCUT2D eigenvalue weighted by Crippen LogP contribution is -2.51. The molecule has 0 aromatic carbocycles. The third-order valence-electron chi connectivity index (χ3n) is 2.33. The van der Waals surface area contributed by atoms with E-state index in [0.717, 1.165) is 0 Å². The Hall–Kier alpha value is -0.960. The van der Waals surface area contributed by atoms with Gasteiger partial charge in [-0.25, -0.2) is 13.4 Å². The Morgan fingerprint density at radius 3 is 2.47 bits per heavy atom. The van der Waals surface area contributed by atoms with Crippen LogP contribution in [0.2, 0.25) is 0 Å². The third-order valence-corrected chi connectivity index (χ3v) is 3.85. The second-order valence-electron chi connectivity index (χ2n) is 4.02. The maximum absolute atomic E-state index is 11.9. The summed E-state index contributed by atoms with van der Waals surface area (Å²) in [5, 5.41) is 17.9. The van der Waals surface area contributed by atoms with E-state index in [0.29, 0.717) is 6.54 Å². The van der Waals surface area contributed by atoms with Gasteiger partial charge in [-0.2, -0.15) is 4.72 Å². The van der Waals surface area contributed by atoms with Gasteiger partial charge >= 0.3 is 0 Å². The molecule has 0 amide bonds. The van der Waals surface area contributed by atoms with Crippen LogP contribution >= 0.6 is 0 Å². The van der Waals surface area contributed by atoms with E-state index in [1.807, 2.05) is 6.92 Å². The van der Waals surface area contributed by atoms with Crippen molar-refractivity contribution in [1.29, 1.82) is 0 Å². The van der Waals surface area contributed by atoms with Gasteiger partial charge in [-0.1, -0.05) is 0 Å². The minimum absolute atomic E-state index is 0.132. The van der Waals surface area contributed by atoms with Crippen LogP contribution < -0.4 is 4.72 Å². The zero-order valence-corrected chi connectivity index (χ0v) is 10.6. The van der Waals surface area contributed by atoms with Crippen molar-refractivity contribution in [2.24, 2.45) is 0 Å². The smallest absolute Gasteiger partial charge is 0.260 e. The summed E-state index contributed by atoms with van der Waals surface area (Å²) in [6, 6.07) is 0. The largest absolute Gasteiger partial charge is 0.394 e. The summed E-state index contributed by atoms with van der Waals surface area (Å²) in [5.41, 5.74) is -1.30. The highest BCUT2D eigenvalue weighted by molar-refractivity contribution is 7.89. The number of aryl methyl sites for hydroxylation is 1. The maximum atomic E-state index is 11.9. The Morgan fingerprint density at radius 2 is 2.06 bits per heavy atom. The van der Waals surface area contributed by atoms with Gasteiger partial charge in [-0.3, -0.25) is 0 Å². The first kappa shape index (κ1) is 14.1. The molecule has 0 aliphatic rings. The summed E-state index contributed by atoms with van der Waals surface area (Å²) in [4.78, 5) is 3.76. The summed E-state index contributed by atoms with van der Waals surface area (Å²) >= 11 is 0. The Labute approximate surface area is 100 Å². The van der Waals surface area contributed by atoms with Gasteiger partial charge < -0.3 is 14.8 Å². The van der Waals surface area contributed by atoms with Crippen molar-refractivity contribution < 1.29 is 18.6 Å². The molecular formula is C9H17N3O4S. The number of aliphatic hydroxyl groups is 2. The predicted molar refractivity (Wildman–Crippen MR) is 60.8 cm³/mol. The van der Waals surface area contributed by atoms with Crippen molar-refractivity contribution in [2.45, 2.75) is 31.0 Å². The molecule has 0 unspecified atom stereocenters. The minimum Gasteiger partial charge on any atom is -0.394 e. The summed E-state index contributed by atoms with van der Waals surface area (Å²) in [6.45, 7) is 2.87. The number of sulfonamides is 1. The highest BCUT2D eigenvalue weighted by Gasteiger charge is 2.30. The van der Waals surface area contributed by atoms with Crippen LogP contribution in [0.15, 0.2) is 17.6 Å². The lowest BCUT2D eigenvalue weighted by atomic mass is 10.1. The molecule has 1 rings (SSSR count). The lowest BCUT2D eigenvalue weighted by molar-refractivity contribution is 0.121. The number of rotatable bonds is 6. The fourth-order valence-corrected chi connectivity index (χ4v) is 2.49. The number of imidazole rings is 1. The average molecular weight is 263 g/mol. The number of aliphatic hydroxyl groups excluding tert-OH is 2. The van der Waals surface area contributed by atoms with Crippen molar-refractivity contribution >= 4 is 10.0 Å². The molecule has 98 valence electrons. The van der Waals surface area contributed by atoms with Crippen LogP contribution in [0.3, 0.4) is 0 Å². The highest BCUT2D eigenvalue weighted by Crippen LogP contribution is 2.10. The SMILES string of the molecule is CCn1cnc(S(=O)(=O)NC(C)(CO)CO)c1. The zero-order valence-electron chi connectivity index (χ0n) is 9.79. The molecule has 17 heavy (non-hydrogen) atoms. The number of hydrogen-bond donors (Lipinski definition) is 3. The summed E-state index contributed by atoms with van der Waals surface area (Å²) in [5.74, 6) is 0. The molecule has 0 spiro atoms. The molecule has 0 aliphatic carbocycles. The van der Waals surface area contributed by atoms with E-state index in [4.69, 9.17) is 10.2 Å². The van der Waals surface area contributed by atoms with Crippen molar-refractivity contribution in [3.05, 3.63) is 12.5 Å². The first-order chi connectivity index (χ1) is 7.87. The van der Waals surface area contributed by atoms with Crippen LogP contribution in [0.5, 0.6) is 0 Å². The highest BCUT2D eigenvalue weighted by atomic mass is 32.2. The van der Waals surface area contributed by atoms with Gasteiger partial charge in [0.15, 0.2) is 5.03 Å². The Kier molecular flexibility index (Phi) is 4.26. The Bertz CT molecular complexity index is 464. The Balaban J connectivity index is 2.96. The van der Waals surface area contributed by atoms with E-state index in [9.17, 15) is 8.42 Å². The van der Waals surface area contributed by atoms with Gasteiger partial charge in [0.1, 0.15) is 0 Å². The first-order valence-electron chi connectivity index (χ1n) is 5.14. The van der Waals surface area contributed by atoms with Crippen LogP contribution in [0, 0.1) is 0 Å². The van der Waals surface area contributed by atoms with E-state index < -0.39 is 28.8 Å². The van der Waals surface area contributed by atoms with Crippen molar-refractivity contribution in [3.63, 3.8) is 0 Å². The third kappa shape index (κ3) is 3.25. The Morgan fingerprint density at radius 1 is 1.47 bits per heavy atom. The van der Waals surface area contributed by atoms with Crippen molar-refractivity contribution in [1.82, 2.24) is 14.3 Å². The van der Waals surface area contributed by atoms with Crippen LogP contribution in [0.4, 0.5) is 0 Å². The van der Waals surface area contributed by atoms with Gasteiger partial charge in [0.25, 0.3) is 10.0 Å². The molecule has 1 heterocycles. The number of hydrogen-bond acceptors (Lipinski definition) is 5. The lowest BCUT2D eigenvalue weighted by Gasteiger charge is -2.25. The molecule has 1 aromatic heterocycles. The van der Waals surface area contributed by atoms with Crippen LogP contribution in [-0.4, -0.2) is 46.9 Å². The first-order valence-corrected chi connectivity index (χ1v) is 6.62. The minimum atomic E-state index is -3.83. The molecule has 0 fully saturated rings. The number of nitrogens with zero attached hydrogens (tertiary/aromatic N) is 2. The second-order valence-corrected chi connectivity index (χ2v) is 5.65. The predicted octanol–water partition coefficient (Wildman–Crippen LogP) is -1.08. The van der Waals surface area contributed by atoms with Gasteiger partial charge in [0.05, 0.1) is 25.1 Å². The normalized spacial score (nSPS) is 12.9. The van der Waals surface area contributed by atoms with Crippen molar-refractivity contribution in [2.75, 3.05) is 13.2 Å². The van der Waals surface area contributed by atoms with E-state index in [1.165, 1.54) is 19.4 Å². The average Bonchev–Trinajstić information content (AvgIpc) is 2.77. The molecule has 0 atom stereocenters. The van der Waals surface area contributed by atoms with E-state index >= 15 is 0 Å². The molecule has 0 saturated carbocycles. The number of aromatic nitrogens is 2. The van der Waals surface area contributed by atoms with E-state index in [2.05, 4.69) is 9.71 Å². The molecular weight excluding hydrogens is 246 g/mol. The van der Waals surface area contributed by atoms with Crippen LogP contribution in [0.25, 0.3) is 0 Å². The molecule has 7 nitrogen and oxygen atoms in total. The quantitative estimate of drug-likeness (QED) is 0.606. The molecule has 8 heteroatoms. The number of nitrogens with one attached hydrogen (secondary N) is 1. The molecule has 3 N–H and O–H groups in total. The van der Waals surface area contributed by atoms with Crippen molar-refractivity contribution in [3.8, 4) is 0 Å². The fraction of sp³-hybridized carbons (Fsp3) is 0.667. The summed E-state index contributed by atoms with van der Waals surface area (Å²) < 4.78 is 27.6. The molecule has 0 saturated heterocycles. The van der Waals surface area contributed by atoms with E-state index in [1.54, 1.807) is 4.57 Å². The van der Waals surface area contributed by atoms with Gasteiger partial charge in [-0.05, 0) is 13.8 Å². The maximum Gasteiger partial charge on any atom is 0.260 e. The monoisotopic (exact) mass is 263 g/mol. The fourth-order valence-electron chi connectivity index (χ4n) is 1.14. The van der Waals surface area contributed by atoms with Gasteiger partial charge in [0.2, 0.25) is 0 Å². The molecule has 0 aliphatic heterocycles. The van der Waals surface area contributed by atoms with E-state index in [-0.39, 0.29) is 5.03 Å². The van der Waals surface area contributed by atoms with Gasteiger partial charge in [0, 0.05) is 12.7 Å². The van der Waals surface area contributed by atoms with Crippen LogP contribution in [0.1, 0.15) is 13.8 Å². The zero-order chi connectivity index (χ0) is 13.1. The standard InChI is InChI=1S/C9H17N3O4S/c1-3-12-4-8(10-7-12)17(15,16)11-9(2,5-13)6-14/h4,7,11,13-14H,3,5-6H2,1-2H3. The van der Waals surface area contributed by atoms with Gasteiger partial charge in [-0.15, -0.1) is 0 Å². The van der Waals surface area contributed by atoms with Crippen LogP contribution in [-0.2, 0) is 16.6 Å². The molecule has 0 radical (unpaired) electrons. The second kappa shape index (κ2) is 5.13. The topological polar surface area (TPSA) is 104 Å². The summed E-state index contributed by atoms with van der Waals surface area (Å²) in [7, 11) is -3.83. The molecule has 0 bridgehead atoms. The summed E-state index contributed by atoms with van der Waals surface area (Å²) in [6.07, 6.45) is 2.79. The molecule has 1 aromatic rings.